The third-order valence-electron chi connectivity index (χ3n) is 2.52. The molecule has 0 aliphatic heterocycles. The van der Waals surface area contributed by atoms with Gasteiger partial charge in [-0.2, -0.15) is 0 Å². The summed E-state index contributed by atoms with van der Waals surface area (Å²) in [7, 11) is 0. The van der Waals surface area contributed by atoms with Gasteiger partial charge in [0.2, 0.25) is 0 Å². The predicted octanol–water partition coefficient (Wildman–Crippen LogP) is 1.88. The van der Waals surface area contributed by atoms with Crippen LogP contribution in [0.5, 0.6) is 0 Å². The summed E-state index contributed by atoms with van der Waals surface area (Å²) in [6, 6.07) is 4.35. The number of halogens is 1. The van der Waals surface area contributed by atoms with Crippen molar-refractivity contribution in [3.05, 3.63) is 35.6 Å². The number of amides is 2. The Labute approximate surface area is 110 Å². The maximum absolute atomic E-state index is 12.9. The lowest BCUT2D eigenvalue weighted by Crippen LogP contribution is -2.45. The molecule has 0 radical (unpaired) electrons. The minimum Gasteiger partial charge on any atom is -0.480 e. The lowest BCUT2D eigenvalue weighted by molar-refractivity contribution is -0.139. The van der Waals surface area contributed by atoms with Gasteiger partial charge in [-0.3, -0.25) is 0 Å². The van der Waals surface area contributed by atoms with E-state index in [1.807, 2.05) is 6.92 Å². The van der Waals surface area contributed by atoms with Gasteiger partial charge in [-0.25, -0.2) is 14.0 Å². The Hall–Kier alpha value is -2.11. The summed E-state index contributed by atoms with van der Waals surface area (Å²) in [6.07, 6.45) is 1.02. The van der Waals surface area contributed by atoms with E-state index in [0.29, 0.717) is 18.4 Å². The summed E-state index contributed by atoms with van der Waals surface area (Å²) in [6.45, 7) is 1.98. The molecule has 0 unspecified atom stereocenters. The first kappa shape index (κ1) is 14.9. The van der Waals surface area contributed by atoms with Crippen molar-refractivity contribution in [2.24, 2.45) is 0 Å². The third-order valence-corrected chi connectivity index (χ3v) is 2.52. The van der Waals surface area contributed by atoms with Gasteiger partial charge in [0.05, 0.1) is 0 Å². The molecule has 5 nitrogen and oxygen atoms in total. The molecule has 1 rings (SSSR count). The van der Waals surface area contributed by atoms with E-state index in [4.69, 9.17) is 5.11 Å². The SMILES string of the molecule is CCC[C@@H](NC(=O)NCc1cccc(F)c1)C(=O)O. The van der Waals surface area contributed by atoms with Gasteiger partial charge in [0.15, 0.2) is 0 Å². The number of benzene rings is 1. The van der Waals surface area contributed by atoms with E-state index in [1.54, 1.807) is 12.1 Å². The van der Waals surface area contributed by atoms with Crippen LogP contribution in [0.15, 0.2) is 24.3 Å². The van der Waals surface area contributed by atoms with Gasteiger partial charge < -0.3 is 15.7 Å². The van der Waals surface area contributed by atoms with Crippen LogP contribution >= 0.6 is 0 Å². The number of rotatable bonds is 6. The van der Waals surface area contributed by atoms with Crippen LogP contribution in [0.1, 0.15) is 25.3 Å². The fourth-order valence-electron chi connectivity index (χ4n) is 1.58. The van der Waals surface area contributed by atoms with Gasteiger partial charge in [-0.1, -0.05) is 25.5 Å². The Balaban J connectivity index is 2.44. The average Bonchev–Trinajstić information content (AvgIpc) is 2.36. The molecule has 0 saturated heterocycles. The van der Waals surface area contributed by atoms with Gasteiger partial charge >= 0.3 is 12.0 Å². The minimum absolute atomic E-state index is 0.141. The van der Waals surface area contributed by atoms with Crippen molar-refractivity contribution in [1.82, 2.24) is 10.6 Å². The number of hydrogen-bond donors (Lipinski definition) is 3. The maximum atomic E-state index is 12.9. The Bertz CT molecular complexity index is 451. The molecule has 19 heavy (non-hydrogen) atoms. The summed E-state index contributed by atoms with van der Waals surface area (Å²) >= 11 is 0. The molecule has 3 N–H and O–H groups in total. The molecule has 0 fully saturated rings. The van der Waals surface area contributed by atoms with Crippen LogP contribution in [-0.2, 0) is 11.3 Å². The molecule has 0 heterocycles. The first-order valence-corrected chi connectivity index (χ1v) is 6.04. The number of urea groups is 1. The van der Waals surface area contributed by atoms with Crippen molar-refractivity contribution in [2.45, 2.75) is 32.4 Å². The van der Waals surface area contributed by atoms with Crippen molar-refractivity contribution in [1.29, 1.82) is 0 Å². The van der Waals surface area contributed by atoms with E-state index in [-0.39, 0.29) is 12.4 Å². The van der Waals surface area contributed by atoms with E-state index < -0.39 is 18.0 Å². The van der Waals surface area contributed by atoms with E-state index >= 15 is 0 Å². The number of carbonyl (C=O) groups excluding carboxylic acids is 1. The quantitative estimate of drug-likeness (QED) is 0.737. The zero-order valence-corrected chi connectivity index (χ0v) is 10.6. The van der Waals surface area contributed by atoms with Crippen molar-refractivity contribution in [3.8, 4) is 0 Å². The topological polar surface area (TPSA) is 78.4 Å². The van der Waals surface area contributed by atoms with E-state index in [1.165, 1.54) is 12.1 Å². The maximum Gasteiger partial charge on any atom is 0.326 e. The number of carbonyl (C=O) groups is 2. The Kier molecular flexibility index (Phi) is 5.78. The Morgan fingerprint density at radius 1 is 1.42 bits per heavy atom. The molecule has 2 amide bonds. The number of carboxylic acid groups (broad SMARTS) is 1. The third kappa shape index (κ3) is 5.37. The Morgan fingerprint density at radius 3 is 2.74 bits per heavy atom. The van der Waals surface area contributed by atoms with Crippen LogP contribution in [0.3, 0.4) is 0 Å². The fourth-order valence-corrected chi connectivity index (χ4v) is 1.58. The second-order valence-electron chi connectivity index (χ2n) is 4.14. The number of nitrogens with one attached hydrogen (secondary N) is 2. The molecule has 0 aliphatic rings. The van der Waals surface area contributed by atoms with Crippen LogP contribution in [0.2, 0.25) is 0 Å². The van der Waals surface area contributed by atoms with Crippen molar-refractivity contribution >= 4 is 12.0 Å². The highest BCUT2D eigenvalue weighted by atomic mass is 19.1. The van der Waals surface area contributed by atoms with Crippen molar-refractivity contribution < 1.29 is 19.1 Å². The standard InChI is InChI=1S/C13H17FN2O3/c1-2-4-11(12(17)18)16-13(19)15-8-9-5-3-6-10(14)7-9/h3,5-7,11H,2,4,8H2,1H3,(H,17,18)(H2,15,16,19)/t11-/m1/s1. The molecular weight excluding hydrogens is 251 g/mol. The molecule has 6 heteroatoms. The normalized spacial score (nSPS) is 11.7. The molecule has 0 spiro atoms. The van der Waals surface area contributed by atoms with E-state index in [2.05, 4.69) is 10.6 Å². The highest BCUT2D eigenvalue weighted by molar-refractivity contribution is 5.82. The minimum atomic E-state index is -1.07. The van der Waals surface area contributed by atoms with Crippen LogP contribution in [0.25, 0.3) is 0 Å². The van der Waals surface area contributed by atoms with Crippen molar-refractivity contribution in [2.75, 3.05) is 0 Å². The second kappa shape index (κ2) is 7.35. The number of aliphatic carboxylic acids is 1. The lowest BCUT2D eigenvalue weighted by Gasteiger charge is -2.14. The molecule has 0 bridgehead atoms. The molecule has 0 aliphatic carbocycles. The summed E-state index contributed by atoms with van der Waals surface area (Å²) in [4.78, 5) is 22.4. The molecule has 1 aromatic rings. The van der Waals surface area contributed by atoms with Crippen LogP contribution in [0, 0.1) is 5.82 Å². The van der Waals surface area contributed by atoms with Crippen LogP contribution in [0.4, 0.5) is 9.18 Å². The summed E-state index contributed by atoms with van der Waals surface area (Å²) in [5.41, 5.74) is 0.609. The van der Waals surface area contributed by atoms with E-state index in [0.717, 1.165) is 0 Å². The fraction of sp³-hybridized carbons (Fsp3) is 0.385. The second-order valence-corrected chi connectivity index (χ2v) is 4.14. The number of carboxylic acids is 1. The van der Waals surface area contributed by atoms with Gasteiger partial charge in [0.25, 0.3) is 0 Å². The lowest BCUT2D eigenvalue weighted by atomic mass is 10.2. The first-order chi connectivity index (χ1) is 9.02. The zero-order valence-electron chi connectivity index (χ0n) is 10.6. The molecule has 0 aromatic heterocycles. The number of hydrogen-bond acceptors (Lipinski definition) is 2. The molecule has 1 aromatic carbocycles. The predicted molar refractivity (Wildman–Crippen MR) is 68.1 cm³/mol. The van der Waals surface area contributed by atoms with Crippen molar-refractivity contribution in [3.63, 3.8) is 0 Å². The van der Waals surface area contributed by atoms with Crippen LogP contribution in [-0.4, -0.2) is 23.1 Å². The molecular formula is C13H17FN2O3. The van der Waals surface area contributed by atoms with Gasteiger partial charge in [-0.05, 0) is 24.1 Å². The van der Waals surface area contributed by atoms with Gasteiger partial charge in [-0.15, -0.1) is 0 Å². The monoisotopic (exact) mass is 268 g/mol. The van der Waals surface area contributed by atoms with E-state index in [9.17, 15) is 14.0 Å². The molecule has 1 atom stereocenters. The largest absolute Gasteiger partial charge is 0.480 e. The average molecular weight is 268 g/mol. The van der Waals surface area contributed by atoms with Gasteiger partial charge in [0, 0.05) is 6.54 Å². The first-order valence-electron chi connectivity index (χ1n) is 6.04. The summed E-state index contributed by atoms with van der Waals surface area (Å²) in [5, 5.41) is 13.7. The highest BCUT2D eigenvalue weighted by Crippen LogP contribution is 2.03. The Morgan fingerprint density at radius 2 is 2.16 bits per heavy atom. The van der Waals surface area contributed by atoms with Crippen LogP contribution < -0.4 is 10.6 Å². The summed E-state index contributed by atoms with van der Waals surface area (Å²) in [5.74, 6) is -1.45. The molecule has 0 saturated carbocycles. The van der Waals surface area contributed by atoms with Gasteiger partial charge in [0.1, 0.15) is 11.9 Å². The molecule has 104 valence electrons. The highest BCUT2D eigenvalue weighted by Gasteiger charge is 2.18. The smallest absolute Gasteiger partial charge is 0.326 e. The summed E-state index contributed by atoms with van der Waals surface area (Å²) < 4.78 is 12.9. The zero-order chi connectivity index (χ0) is 14.3.